The highest BCUT2D eigenvalue weighted by atomic mass is 16.3. The molecule has 3 heterocycles. The molecule has 0 aliphatic rings. The zero-order chi connectivity index (χ0) is 17.4. The molecule has 0 bridgehead atoms. The summed E-state index contributed by atoms with van der Waals surface area (Å²) in [5.41, 5.74) is 1.33. The SMILES string of the molecule is O=c1c2cc3c(=O)n(-c4ccccc4)ccc3nc2ccn1CCO. The number of hydrogen-bond acceptors (Lipinski definition) is 4. The first-order chi connectivity index (χ1) is 12.2. The maximum Gasteiger partial charge on any atom is 0.264 e. The number of hydrogen-bond donors (Lipinski definition) is 1. The van der Waals surface area contributed by atoms with E-state index in [2.05, 4.69) is 4.98 Å². The van der Waals surface area contributed by atoms with Gasteiger partial charge in [-0.1, -0.05) is 18.2 Å². The van der Waals surface area contributed by atoms with E-state index in [0.717, 1.165) is 5.69 Å². The molecular weight excluding hydrogens is 318 g/mol. The van der Waals surface area contributed by atoms with Gasteiger partial charge in [-0.3, -0.25) is 14.2 Å². The Balaban J connectivity index is 2.03. The van der Waals surface area contributed by atoms with Crippen LogP contribution in [-0.2, 0) is 6.54 Å². The van der Waals surface area contributed by atoms with Crippen LogP contribution in [0.25, 0.3) is 27.5 Å². The Morgan fingerprint density at radius 3 is 2.28 bits per heavy atom. The van der Waals surface area contributed by atoms with Crippen molar-refractivity contribution in [3.05, 3.63) is 81.6 Å². The first-order valence-electron chi connectivity index (χ1n) is 7.91. The van der Waals surface area contributed by atoms with Gasteiger partial charge in [-0.05, 0) is 30.3 Å². The van der Waals surface area contributed by atoms with Gasteiger partial charge in [-0.25, -0.2) is 4.98 Å². The van der Waals surface area contributed by atoms with E-state index in [1.807, 2.05) is 30.3 Å². The normalized spacial score (nSPS) is 11.2. The Morgan fingerprint density at radius 2 is 1.56 bits per heavy atom. The molecular formula is C19H15N3O3. The van der Waals surface area contributed by atoms with Crippen LogP contribution in [0, 0.1) is 0 Å². The highest BCUT2D eigenvalue weighted by Crippen LogP contribution is 2.15. The fourth-order valence-electron chi connectivity index (χ4n) is 2.94. The van der Waals surface area contributed by atoms with E-state index in [1.165, 1.54) is 9.13 Å². The molecule has 1 N–H and O–H groups in total. The Bertz CT molecular complexity index is 1190. The molecule has 0 spiro atoms. The topological polar surface area (TPSA) is 77.1 Å². The summed E-state index contributed by atoms with van der Waals surface area (Å²) in [5.74, 6) is 0. The van der Waals surface area contributed by atoms with Crippen molar-refractivity contribution in [3.63, 3.8) is 0 Å². The molecule has 1 aromatic carbocycles. The summed E-state index contributed by atoms with van der Waals surface area (Å²) in [4.78, 5) is 29.8. The number of benzene rings is 1. The largest absolute Gasteiger partial charge is 0.395 e. The number of pyridine rings is 3. The minimum Gasteiger partial charge on any atom is -0.395 e. The maximum atomic E-state index is 12.9. The van der Waals surface area contributed by atoms with Crippen LogP contribution >= 0.6 is 0 Å². The van der Waals surface area contributed by atoms with Crippen molar-refractivity contribution in [2.75, 3.05) is 6.61 Å². The molecule has 0 saturated heterocycles. The van der Waals surface area contributed by atoms with Crippen LogP contribution in [0.1, 0.15) is 0 Å². The lowest BCUT2D eigenvalue weighted by Gasteiger charge is -2.09. The molecule has 0 aliphatic heterocycles. The van der Waals surface area contributed by atoms with Crippen LogP contribution in [0.5, 0.6) is 0 Å². The van der Waals surface area contributed by atoms with Gasteiger partial charge < -0.3 is 9.67 Å². The van der Waals surface area contributed by atoms with Crippen molar-refractivity contribution in [2.24, 2.45) is 0 Å². The number of aliphatic hydroxyl groups excluding tert-OH is 1. The molecule has 3 aromatic heterocycles. The molecule has 25 heavy (non-hydrogen) atoms. The van der Waals surface area contributed by atoms with E-state index in [1.54, 1.807) is 30.6 Å². The third-order valence-corrected chi connectivity index (χ3v) is 4.19. The van der Waals surface area contributed by atoms with Crippen LogP contribution < -0.4 is 11.1 Å². The zero-order valence-electron chi connectivity index (χ0n) is 13.3. The van der Waals surface area contributed by atoms with Crippen molar-refractivity contribution >= 4 is 21.8 Å². The van der Waals surface area contributed by atoms with E-state index in [9.17, 15) is 9.59 Å². The van der Waals surface area contributed by atoms with Crippen molar-refractivity contribution in [1.82, 2.24) is 14.1 Å². The molecule has 6 nitrogen and oxygen atoms in total. The predicted molar refractivity (Wildman–Crippen MR) is 96.2 cm³/mol. The molecule has 0 atom stereocenters. The summed E-state index contributed by atoms with van der Waals surface area (Å²) in [6, 6.07) is 14.4. The number of nitrogens with zero attached hydrogens (tertiary/aromatic N) is 3. The van der Waals surface area contributed by atoms with Gasteiger partial charge in [0.2, 0.25) is 0 Å². The quantitative estimate of drug-likeness (QED) is 0.579. The van der Waals surface area contributed by atoms with Gasteiger partial charge in [0.15, 0.2) is 0 Å². The predicted octanol–water partition coefficient (Wildman–Crippen LogP) is 1.69. The monoisotopic (exact) mass is 333 g/mol. The van der Waals surface area contributed by atoms with E-state index in [4.69, 9.17) is 5.11 Å². The minimum absolute atomic E-state index is 0.132. The highest BCUT2D eigenvalue weighted by Gasteiger charge is 2.10. The Morgan fingerprint density at radius 1 is 0.880 bits per heavy atom. The summed E-state index contributed by atoms with van der Waals surface area (Å²) in [6.45, 7) is 0.0725. The smallest absolute Gasteiger partial charge is 0.264 e. The second-order valence-electron chi connectivity index (χ2n) is 5.72. The number of rotatable bonds is 3. The molecule has 124 valence electrons. The molecule has 0 fully saturated rings. The standard InChI is InChI=1S/C19H15N3O3/c23-11-10-21-8-6-16-14(18(21)24)12-15-17(20-16)7-9-22(19(15)25)13-4-2-1-3-5-13/h1-9,12,23H,10-11H2. The summed E-state index contributed by atoms with van der Waals surface area (Å²) in [7, 11) is 0. The molecule has 0 unspecified atom stereocenters. The van der Waals surface area contributed by atoms with Gasteiger partial charge in [0, 0.05) is 24.6 Å². The molecule has 0 saturated carbocycles. The van der Waals surface area contributed by atoms with Gasteiger partial charge >= 0.3 is 0 Å². The first kappa shape index (κ1) is 15.3. The highest BCUT2D eigenvalue weighted by molar-refractivity contribution is 5.91. The number of aromatic nitrogens is 3. The summed E-state index contributed by atoms with van der Waals surface area (Å²) in [6.07, 6.45) is 3.29. The van der Waals surface area contributed by atoms with Crippen molar-refractivity contribution in [2.45, 2.75) is 6.54 Å². The Labute approximate surface area is 142 Å². The van der Waals surface area contributed by atoms with Gasteiger partial charge in [-0.2, -0.15) is 0 Å². The molecule has 0 aliphatic carbocycles. The second kappa shape index (κ2) is 5.99. The van der Waals surface area contributed by atoms with Crippen LogP contribution in [0.3, 0.4) is 0 Å². The van der Waals surface area contributed by atoms with E-state index in [-0.39, 0.29) is 24.3 Å². The van der Waals surface area contributed by atoms with Crippen molar-refractivity contribution in [3.8, 4) is 5.69 Å². The molecule has 4 rings (SSSR count). The first-order valence-corrected chi connectivity index (χ1v) is 7.91. The van der Waals surface area contributed by atoms with E-state index < -0.39 is 0 Å². The average molecular weight is 333 g/mol. The van der Waals surface area contributed by atoms with Gasteiger partial charge in [0.25, 0.3) is 11.1 Å². The third kappa shape index (κ3) is 2.53. The molecule has 4 aromatic rings. The fourth-order valence-corrected chi connectivity index (χ4v) is 2.94. The zero-order valence-corrected chi connectivity index (χ0v) is 13.3. The number of aliphatic hydroxyl groups is 1. The van der Waals surface area contributed by atoms with E-state index in [0.29, 0.717) is 21.8 Å². The summed E-state index contributed by atoms with van der Waals surface area (Å²) >= 11 is 0. The lowest BCUT2D eigenvalue weighted by atomic mass is 10.2. The van der Waals surface area contributed by atoms with Crippen LogP contribution in [0.4, 0.5) is 0 Å². The van der Waals surface area contributed by atoms with E-state index >= 15 is 0 Å². The fraction of sp³-hybridized carbons (Fsp3) is 0.105. The van der Waals surface area contributed by atoms with Gasteiger partial charge in [-0.15, -0.1) is 0 Å². The molecule has 0 radical (unpaired) electrons. The lowest BCUT2D eigenvalue weighted by Crippen LogP contribution is -2.22. The average Bonchev–Trinajstić information content (AvgIpc) is 2.64. The van der Waals surface area contributed by atoms with Crippen LogP contribution in [0.15, 0.2) is 70.5 Å². The van der Waals surface area contributed by atoms with Gasteiger partial charge in [0.05, 0.1) is 28.4 Å². The minimum atomic E-state index is -0.268. The van der Waals surface area contributed by atoms with Crippen LogP contribution in [-0.4, -0.2) is 25.8 Å². The van der Waals surface area contributed by atoms with Crippen LogP contribution in [0.2, 0.25) is 0 Å². The van der Waals surface area contributed by atoms with Crippen molar-refractivity contribution in [1.29, 1.82) is 0 Å². The Hall–Kier alpha value is -3.25. The van der Waals surface area contributed by atoms with Crippen molar-refractivity contribution < 1.29 is 5.11 Å². The molecule has 6 heteroatoms. The number of para-hydroxylation sites is 1. The number of fused-ring (bicyclic) bond motifs is 2. The summed E-state index contributed by atoms with van der Waals surface area (Å²) in [5, 5.41) is 9.82. The van der Waals surface area contributed by atoms with Gasteiger partial charge in [0.1, 0.15) is 0 Å². The second-order valence-corrected chi connectivity index (χ2v) is 5.72. The maximum absolute atomic E-state index is 12.9. The lowest BCUT2D eigenvalue weighted by molar-refractivity contribution is 0.274. The Kier molecular flexibility index (Phi) is 3.66. The third-order valence-electron chi connectivity index (χ3n) is 4.19. The molecule has 0 amide bonds. The summed E-state index contributed by atoms with van der Waals surface area (Å²) < 4.78 is 2.94.